The third-order valence-corrected chi connectivity index (χ3v) is 11.4. The summed E-state index contributed by atoms with van der Waals surface area (Å²) in [6, 6.07) is 0. The maximum Gasteiger partial charge on any atom is 0.186 e. The number of aliphatic hydroxyl groups excluding tert-OH is 6. The maximum atomic E-state index is 14.2. The number of fused-ring (bicyclic) bond motifs is 2. The first-order valence-electron chi connectivity index (χ1n) is 16.5. The van der Waals surface area contributed by atoms with Gasteiger partial charge in [-0.25, -0.2) is 0 Å². The molecule has 5 fully saturated rings. The van der Waals surface area contributed by atoms with Crippen LogP contribution < -0.4 is 11.1 Å². The van der Waals surface area contributed by atoms with Crippen LogP contribution in [0.1, 0.15) is 57.8 Å². The Bertz CT molecular complexity index is 978. The predicted octanol–water partition coefficient (Wildman–Crippen LogP) is -2.60. The lowest BCUT2D eigenvalue weighted by Crippen LogP contribution is -2.95. The van der Waals surface area contributed by atoms with Gasteiger partial charge in [0.15, 0.2) is 6.29 Å². The number of hydrogen-bond acceptors (Lipinski definition) is 12. The molecule has 0 spiro atoms. The lowest BCUT2D eigenvalue weighted by molar-refractivity contribution is -0.704. The van der Waals surface area contributed by atoms with Gasteiger partial charge in [0.25, 0.3) is 0 Å². The van der Waals surface area contributed by atoms with Crippen molar-refractivity contribution in [1.82, 2.24) is 0 Å². The lowest BCUT2D eigenvalue weighted by atomic mass is 9.54. The molecule has 10 N–H and O–H groups in total. The second-order valence-electron chi connectivity index (χ2n) is 14.0. The topological polar surface area (TPSA) is 226 Å². The number of hydrogen-bond donors (Lipinski definition) is 8. The highest BCUT2D eigenvalue weighted by Crippen LogP contribution is 2.50. The Labute approximate surface area is 258 Å². The van der Waals surface area contributed by atoms with Crippen molar-refractivity contribution in [3.8, 4) is 0 Å². The third kappa shape index (κ3) is 6.93. The molecule has 10 unspecified atom stereocenters. The summed E-state index contributed by atoms with van der Waals surface area (Å²) in [5.41, 5.74) is 6.10. The van der Waals surface area contributed by atoms with E-state index in [0.29, 0.717) is 37.5 Å². The molecule has 0 bridgehead atoms. The van der Waals surface area contributed by atoms with Crippen molar-refractivity contribution in [2.75, 3.05) is 26.9 Å². The van der Waals surface area contributed by atoms with E-state index in [9.17, 15) is 40.2 Å². The largest absolute Gasteiger partial charge is 0.396 e. The van der Waals surface area contributed by atoms with Crippen LogP contribution in [0.5, 0.6) is 0 Å². The minimum atomic E-state index is -1.64. The van der Waals surface area contributed by atoms with Gasteiger partial charge in [-0.2, -0.15) is 0 Å². The smallest absolute Gasteiger partial charge is 0.186 e. The van der Waals surface area contributed by atoms with Gasteiger partial charge in [-0.3, -0.25) is 15.3 Å². The standard InChI is InChI=1S/C31H52N2O11/c1-42-17-10-19-25(21(11-17)43-31-30(41)29(40)27(38)22(13-35)44-31)28(39)24-18(26(19)37)8-14(9-20(24)36)7-15(3-2-6-34)16-4-5-23(32)33-12-16/h14-25,27,29-31,33-36,38,40-41H,2-13,32H2,1H3/p+1/t14?,15-,16?,17?,18?,19?,20?,21?,22+,23?,24?,25?,27+,29-,30+,31-/m0/s1. The van der Waals surface area contributed by atoms with Crippen molar-refractivity contribution < 1.29 is 59.8 Å². The molecule has 0 amide bonds. The van der Waals surface area contributed by atoms with Crippen LogP contribution in [0.2, 0.25) is 0 Å². The fraction of sp³-hybridized carbons (Fsp3) is 0.935. The average molecular weight is 630 g/mol. The molecule has 2 saturated heterocycles. The van der Waals surface area contributed by atoms with Gasteiger partial charge in [-0.15, -0.1) is 0 Å². The zero-order valence-electron chi connectivity index (χ0n) is 25.6. The fourth-order valence-electron chi connectivity index (χ4n) is 9.03. The predicted molar refractivity (Wildman–Crippen MR) is 153 cm³/mol. The lowest BCUT2D eigenvalue weighted by Gasteiger charge is -2.51. The van der Waals surface area contributed by atoms with E-state index in [0.717, 1.165) is 32.2 Å². The summed E-state index contributed by atoms with van der Waals surface area (Å²) in [6.45, 7) is 0.422. The molecule has 0 aromatic carbocycles. The molecule has 16 atom stereocenters. The second-order valence-corrected chi connectivity index (χ2v) is 14.0. The SMILES string of the molecule is COC1CC(O[C@H]2O[C@H](CO)[C@@H](O)[C@H](O)[C@H]2O)C2C(=O)C3C(O)CC(C[C@H](CCCO)C4CCC(N)[NH2+]C4)CC3C(=O)C2C1. The first-order valence-corrected chi connectivity index (χ1v) is 16.5. The van der Waals surface area contributed by atoms with Crippen molar-refractivity contribution in [2.45, 2.75) is 113 Å². The zero-order chi connectivity index (χ0) is 31.7. The number of Topliss-reactive ketones (excluding diaryl/α,β-unsaturated/α-hetero) is 2. The van der Waals surface area contributed by atoms with Crippen molar-refractivity contribution in [3.05, 3.63) is 0 Å². The van der Waals surface area contributed by atoms with Crippen LogP contribution in [0.3, 0.4) is 0 Å². The first-order chi connectivity index (χ1) is 21.1. The molecule has 3 saturated carbocycles. The molecule has 3 aliphatic carbocycles. The number of quaternary nitrogens is 1. The minimum absolute atomic E-state index is 0.0711. The molecular weight excluding hydrogens is 576 g/mol. The van der Waals surface area contributed by atoms with Gasteiger partial charge >= 0.3 is 0 Å². The van der Waals surface area contributed by atoms with Crippen molar-refractivity contribution in [2.24, 2.45) is 47.2 Å². The molecule has 5 aliphatic rings. The third-order valence-electron chi connectivity index (χ3n) is 11.4. The summed E-state index contributed by atoms with van der Waals surface area (Å²) in [6.07, 6.45) is -3.78. The quantitative estimate of drug-likeness (QED) is 0.125. The fourth-order valence-corrected chi connectivity index (χ4v) is 9.03. The molecule has 252 valence electrons. The molecule has 2 aliphatic heterocycles. The second kappa shape index (κ2) is 14.8. The van der Waals surface area contributed by atoms with Gasteiger partial charge in [0, 0.05) is 44.3 Å². The Balaban J connectivity index is 1.32. The molecule has 13 nitrogen and oxygen atoms in total. The summed E-state index contributed by atoms with van der Waals surface area (Å²) in [7, 11) is 1.52. The van der Waals surface area contributed by atoms with Crippen LogP contribution in [-0.2, 0) is 23.8 Å². The van der Waals surface area contributed by atoms with E-state index >= 15 is 0 Å². The molecule has 13 heteroatoms. The summed E-state index contributed by atoms with van der Waals surface area (Å²) in [4.78, 5) is 28.3. The molecular formula is C31H53N2O11+. The van der Waals surface area contributed by atoms with Crippen molar-refractivity contribution >= 4 is 11.6 Å². The van der Waals surface area contributed by atoms with Gasteiger partial charge in [0.2, 0.25) is 0 Å². The maximum absolute atomic E-state index is 14.2. The van der Waals surface area contributed by atoms with Crippen LogP contribution in [0, 0.1) is 41.4 Å². The molecule has 0 radical (unpaired) electrons. The Kier molecular flexibility index (Phi) is 11.5. The highest BCUT2D eigenvalue weighted by atomic mass is 16.7. The van der Waals surface area contributed by atoms with Gasteiger partial charge in [0.05, 0.1) is 43.3 Å². The first kappa shape index (κ1) is 34.2. The number of carbonyl (C=O) groups is 2. The Morgan fingerprint density at radius 1 is 0.955 bits per heavy atom. The minimum Gasteiger partial charge on any atom is -0.396 e. The monoisotopic (exact) mass is 629 g/mol. The molecule has 0 aromatic heterocycles. The Hall–Kier alpha value is -1.10. The van der Waals surface area contributed by atoms with E-state index in [4.69, 9.17) is 19.9 Å². The average Bonchev–Trinajstić information content (AvgIpc) is 3.01. The number of rotatable bonds is 10. The Morgan fingerprint density at radius 3 is 2.36 bits per heavy atom. The van der Waals surface area contributed by atoms with E-state index in [1.54, 1.807) is 0 Å². The number of ether oxygens (including phenoxy) is 3. The summed E-state index contributed by atoms with van der Waals surface area (Å²) in [5, 5.41) is 63.8. The zero-order valence-corrected chi connectivity index (χ0v) is 25.6. The van der Waals surface area contributed by atoms with Crippen molar-refractivity contribution in [3.63, 3.8) is 0 Å². The van der Waals surface area contributed by atoms with Crippen molar-refractivity contribution in [1.29, 1.82) is 0 Å². The number of piperidine rings is 1. The molecule has 0 aromatic rings. The van der Waals surface area contributed by atoms with Gasteiger partial charge in [-0.05, 0) is 56.8 Å². The number of aliphatic hydroxyl groups is 6. The summed E-state index contributed by atoms with van der Waals surface area (Å²) < 4.78 is 17.3. The van der Waals surface area contributed by atoms with Crippen LogP contribution in [0.15, 0.2) is 0 Å². The summed E-state index contributed by atoms with van der Waals surface area (Å²) >= 11 is 0. The van der Waals surface area contributed by atoms with Gasteiger partial charge < -0.3 is 50.2 Å². The van der Waals surface area contributed by atoms with Crippen LogP contribution in [-0.4, -0.2) is 124 Å². The molecule has 44 heavy (non-hydrogen) atoms. The molecule has 2 heterocycles. The van der Waals surface area contributed by atoms with E-state index in [1.165, 1.54) is 7.11 Å². The number of methoxy groups -OCH3 is 1. The van der Waals surface area contributed by atoms with Crippen LogP contribution >= 0.6 is 0 Å². The molecule has 5 rings (SSSR count). The highest BCUT2D eigenvalue weighted by Gasteiger charge is 2.59. The van der Waals surface area contributed by atoms with Crippen LogP contribution in [0.25, 0.3) is 0 Å². The van der Waals surface area contributed by atoms with Gasteiger partial charge in [0.1, 0.15) is 42.1 Å². The van der Waals surface area contributed by atoms with E-state index in [2.05, 4.69) is 5.32 Å². The van der Waals surface area contributed by atoms with E-state index in [1.807, 2.05) is 0 Å². The number of nitrogens with two attached hydrogens (primary N) is 2. The van der Waals surface area contributed by atoms with E-state index in [-0.39, 0.29) is 36.7 Å². The Morgan fingerprint density at radius 2 is 1.70 bits per heavy atom. The number of carbonyl (C=O) groups excluding carboxylic acids is 2. The highest BCUT2D eigenvalue weighted by molar-refractivity contribution is 6.00. The van der Waals surface area contributed by atoms with E-state index < -0.39 is 79.3 Å². The summed E-state index contributed by atoms with van der Waals surface area (Å²) in [5.74, 6) is -2.48. The van der Waals surface area contributed by atoms with Crippen LogP contribution in [0.4, 0.5) is 0 Å². The normalized spacial score (nSPS) is 47.1. The van der Waals surface area contributed by atoms with Gasteiger partial charge in [-0.1, -0.05) is 0 Å². The number of ketones is 2.